The molecule has 0 amide bonds. The van der Waals surface area contributed by atoms with Crippen molar-refractivity contribution >= 4 is 10.0 Å². The maximum atomic E-state index is 12.4. The Hall–Kier alpha value is -0.950. The standard InChI is InChI=1S/C15H26N2O3S/c1-6-14(16-4)12-8-7-9-13(10-12)21(18,19)17-11-15(2,3)20-5/h7-10,14,16-17H,6,11H2,1-5H3. The van der Waals surface area contributed by atoms with Crippen LogP contribution in [0.15, 0.2) is 29.2 Å². The van der Waals surface area contributed by atoms with Gasteiger partial charge in [0.05, 0.1) is 10.5 Å². The van der Waals surface area contributed by atoms with Crippen molar-refractivity contribution in [2.75, 3.05) is 20.7 Å². The minimum atomic E-state index is -3.53. The molecule has 120 valence electrons. The highest BCUT2D eigenvalue weighted by Gasteiger charge is 2.22. The second kappa shape index (κ2) is 7.35. The van der Waals surface area contributed by atoms with Gasteiger partial charge in [-0.1, -0.05) is 19.1 Å². The van der Waals surface area contributed by atoms with E-state index in [1.807, 2.05) is 27.0 Å². The second-order valence-corrected chi connectivity index (χ2v) is 7.38. The first-order chi connectivity index (χ1) is 9.75. The smallest absolute Gasteiger partial charge is 0.240 e. The van der Waals surface area contributed by atoms with Crippen LogP contribution in [0, 0.1) is 0 Å². The molecule has 2 N–H and O–H groups in total. The van der Waals surface area contributed by atoms with Gasteiger partial charge in [0.2, 0.25) is 10.0 Å². The number of nitrogens with one attached hydrogen (secondary N) is 2. The summed E-state index contributed by atoms with van der Waals surface area (Å²) in [5, 5.41) is 3.18. The molecule has 0 aliphatic heterocycles. The highest BCUT2D eigenvalue weighted by molar-refractivity contribution is 7.89. The van der Waals surface area contributed by atoms with Crippen LogP contribution in [0.1, 0.15) is 38.8 Å². The number of rotatable bonds is 8. The molecule has 0 bridgehead atoms. The summed E-state index contributed by atoms with van der Waals surface area (Å²) in [4.78, 5) is 0.278. The lowest BCUT2D eigenvalue weighted by atomic mass is 10.1. The SMILES string of the molecule is CCC(NC)c1cccc(S(=O)(=O)NCC(C)(C)OC)c1. The van der Waals surface area contributed by atoms with E-state index in [2.05, 4.69) is 17.0 Å². The molecule has 0 aliphatic rings. The van der Waals surface area contributed by atoms with Crippen LogP contribution in [-0.2, 0) is 14.8 Å². The van der Waals surface area contributed by atoms with Gasteiger partial charge in [-0.05, 0) is 45.0 Å². The lowest BCUT2D eigenvalue weighted by molar-refractivity contribution is 0.0276. The van der Waals surface area contributed by atoms with Gasteiger partial charge in [-0.25, -0.2) is 13.1 Å². The zero-order chi connectivity index (χ0) is 16.1. The minimum Gasteiger partial charge on any atom is -0.377 e. The minimum absolute atomic E-state index is 0.149. The van der Waals surface area contributed by atoms with E-state index in [0.29, 0.717) is 0 Å². The molecule has 1 atom stereocenters. The molecule has 0 saturated heterocycles. The van der Waals surface area contributed by atoms with E-state index in [9.17, 15) is 8.42 Å². The third-order valence-electron chi connectivity index (χ3n) is 3.57. The highest BCUT2D eigenvalue weighted by Crippen LogP contribution is 2.20. The molecule has 5 nitrogen and oxygen atoms in total. The first-order valence-corrected chi connectivity index (χ1v) is 8.56. The summed E-state index contributed by atoms with van der Waals surface area (Å²) in [6.07, 6.45) is 0.893. The summed E-state index contributed by atoms with van der Waals surface area (Å²) >= 11 is 0. The quantitative estimate of drug-likeness (QED) is 0.771. The van der Waals surface area contributed by atoms with Gasteiger partial charge < -0.3 is 10.1 Å². The predicted molar refractivity (Wildman–Crippen MR) is 84.8 cm³/mol. The molecular weight excluding hydrogens is 288 g/mol. The molecule has 0 aliphatic carbocycles. The Labute approximate surface area is 128 Å². The van der Waals surface area contributed by atoms with E-state index < -0.39 is 15.6 Å². The number of benzene rings is 1. The average Bonchev–Trinajstić information content (AvgIpc) is 2.47. The van der Waals surface area contributed by atoms with Crippen molar-refractivity contribution in [1.29, 1.82) is 0 Å². The van der Waals surface area contributed by atoms with Crippen LogP contribution in [0.4, 0.5) is 0 Å². The van der Waals surface area contributed by atoms with Crippen molar-refractivity contribution in [2.45, 2.75) is 43.7 Å². The fourth-order valence-corrected chi connectivity index (χ4v) is 3.18. The predicted octanol–water partition coefficient (Wildman–Crippen LogP) is 2.06. The summed E-state index contributed by atoms with van der Waals surface area (Å²) < 4.78 is 32.5. The van der Waals surface area contributed by atoms with Gasteiger partial charge in [0, 0.05) is 19.7 Å². The molecule has 0 fully saturated rings. The van der Waals surface area contributed by atoms with Crippen molar-refractivity contribution in [3.05, 3.63) is 29.8 Å². The van der Waals surface area contributed by atoms with Crippen LogP contribution >= 0.6 is 0 Å². The largest absolute Gasteiger partial charge is 0.377 e. The molecule has 0 saturated carbocycles. The monoisotopic (exact) mass is 314 g/mol. The summed E-state index contributed by atoms with van der Waals surface area (Å²) in [6.45, 7) is 5.95. The topological polar surface area (TPSA) is 67.4 Å². The third kappa shape index (κ3) is 5.07. The Balaban J connectivity index is 2.96. The second-order valence-electron chi connectivity index (χ2n) is 5.61. The first kappa shape index (κ1) is 18.1. The Morgan fingerprint density at radius 1 is 1.33 bits per heavy atom. The van der Waals surface area contributed by atoms with Crippen molar-refractivity contribution in [3.8, 4) is 0 Å². The summed E-state index contributed by atoms with van der Waals surface area (Å²) in [5.41, 5.74) is 0.426. The average molecular weight is 314 g/mol. The van der Waals surface area contributed by atoms with Gasteiger partial charge in [-0.2, -0.15) is 0 Å². The summed E-state index contributed by atoms with van der Waals surface area (Å²) in [6, 6.07) is 7.17. The zero-order valence-corrected chi connectivity index (χ0v) is 14.3. The number of sulfonamides is 1. The first-order valence-electron chi connectivity index (χ1n) is 7.08. The maximum Gasteiger partial charge on any atom is 0.240 e. The van der Waals surface area contributed by atoms with Crippen LogP contribution in [0.5, 0.6) is 0 Å². The van der Waals surface area contributed by atoms with E-state index in [1.165, 1.54) is 0 Å². The van der Waals surface area contributed by atoms with Gasteiger partial charge in [0.15, 0.2) is 0 Å². The molecule has 1 aromatic rings. The normalized spacial score (nSPS) is 14.1. The number of hydrogen-bond acceptors (Lipinski definition) is 4. The molecule has 1 rings (SSSR count). The van der Waals surface area contributed by atoms with E-state index in [0.717, 1.165) is 12.0 Å². The van der Waals surface area contributed by atoms with Crippen LogP contribution < -0.4 is 10.0 Å². The molecule has 0 heterocycles. The Morgan fingerprint density at radius 2 is 2.00 bits per heavy atom. The van der Waals surface area contributed by atoms with E-state index >= 15 is 0 Å². The Morgan fingerprint density at radius 3 is 2.52 bits per heavy atom. The van der Waals surface area contributed by atoms with Gasteiger partial charge in [0.1, 0.15) is 0 Å². The molecule has 0 radical (unpaired) electrons. The number of hydrogen-bond donors (Lipinski definition) is 2. The van der Waals surface area contributed by atoms with Crippen molar-refractivity contribution in [1.82, 2.24) is 10.0 Å². The molecule has 1 unspecified atom stereocenters. The van der Waals surface area contributed by atoms with Crippen LogP contribution in [0.25, 0.3) is 0 Å². The molecule has 0 spiro atoms. The molecule has 1 aromatic carbocycles. The van der Waals surface area contributed by atoms with Gasteiger partial charge in [-0.15, -0.1) is 0 Å². The van der Waals surface area contributed by atoms with E-state index in [-0.39, 0.29) is 17.5 Å². The number of ether oxygens (including phenoxy) is 1. The lowest BCUT2D eigenvalue weighted by Crippen LogP contribution is -2.39. The fraction of sp³-hybridized carbons (Fsp3) is 0.600. The molecule has 21 heavy (non-hydrogen) atoms. The van der Waals surface area contributed by atoms with Crippen molar-refractivity contribution in [3.63, 3.8) is 0 Å². The number of methoxy groups -OCH3 is 1. The summed E-state index contributed by atoms with van der Waals surface area (Å²) in [5.74, 6) is 0. The van der Waals surface area contributed by atoms with Gasteiger partial charge in [0.25, 0.3) is 0 Å². The van der Waals surface area contributed by atoms with E-state index in [4.69, 9.17) is 4.74 Å². The van der Waals surface area contributed by atoms with Crippen LogP contribution in [0.3, 0.4) is 0 Å². The molecular formula is C15H26N2O3S. The Kier molecular flexibility index (Phi) is 6.34. The lowest BCUT2D eigenvalue weighted by Gasteiger charge is -2.23. The molecule has 6 heteroatoms. The van der Waals surface area contributed by atoms with Crippen molar-refractivity contribution < 1.29 is 13.2 Å². The fourth-order valence-electron chi connectivity index (χ4n) is 1.93. The maximum absolute atomic E-state index is 12.4. The van der Waals surface area contributed by atoms with Gasteiger partial charge >= 0.3 is 0 Å². The molecule has 0 aromatic heterocycles. The van der Waals surface area contributed by atoms with Crippen molar-refractivity contribution in [2.24, 2.45) is 0 Å². The van der Waals surface area contributed by atoms with Gasteiger partial charge in [-0.3, -0.25) is 0 Å². The Bertz CT molecular complexity index is 552. The van der Waals surface area contributed by atoms with Crippen LogP contribution in [-0.4, -0.2) is 34.7 Å². The highest BCUT2D eigenvalue weighted by atomic mass is 32.2. The van der Waals surface area contributed by atoms with E-state index in [1.54, 1.807) is 25.3 Å². The zero-order valence-electron chi connectivity index (χ0n) is 13.4. The summed E-state index contributed by atoms with van der Waals surface area (Å²) in [7, 11) is -0.101. The van der Waals surface area contributed by atoms with Crippen LogP contribution in [0.2, 0.25) is 0 Å². The third-order valence-corrected chi connectivity index (χ3v) is 4.97.